The predicted octanol–water partition coefficient (Wildman–Crippen LogP) is 2.61. The summed E-state index contributed by atoms with van der Waals surface area (Å²) in [5.41, 5.74) is 1.72. The number of allylic oxidation sites excluding steroid dienone is 2. The molecule has 1 N–H and O–H groups in total. The van der Waals surface area contributed by atoms with Gasteiger partial charge < -0.3 is 10.1 Å². The normalized spacial score (nSPS) is 25.7. The molecule has 0 aromatic heterocycles. The van der Waals surface area contributed by atoms with Gasteiger partial charge in [0.15, 0.2) is 0 Å². The van der Waals surface area contributed by atoms with Crippen LogP contribution < -0.4 is 5.32 Å². The van der Waals surface area contributed by atoms with Crippen LogP contribution in [0.5, 0.6) is 0 Å². The van der Waals surface area contributed by atoms with E-state index in [0.29, 0.717) is 6.61 Å². The predicted molar refractivity (Wildman–Crippen MR) is 77.1 cm³/mol. The molecule has 0 saturated heterocycles. The number of carbonyl (C=O) groups excluding carboxylic acids is 1. The zero-order chi connectivity index (χ0) is 15.0. The summed E-state index contributed by atoms with van der Waals surface area (Å²) in [6, 6.07) is 4.31. The van der Waals surface area contributed by atoms with Crippen LogP contribution in [0.3, 0.4) is 0 Å². The number of carbonyl (C=O) groups is 1. The van der Waals surface area contributed by atoms with Crippen LogP contribution in [0, 0.1) is 16.0 Å². The first kappa shape index (κ1) is 13.6. The summed E-state index contributed by atoms with van der Waals surface area (Å²) in [5.74, 6) is -0.186. The average Bonchev–Trinajstić information content (AvgIpc) is 2.95. The zero-order valence-electron chi connectivity index (χ0n) is 11.6. The van der Waals surface area contributed by atoms with Crippen molar-refractivity contribution in [2.75, 3.05) is 11.9 Å². The molecule has 0 saturated carbocycles. The Hall–Kier alpha value is -2.37. The van der Waals surface area contributed by atoms with Crippen LogP contribution in [0.1, 0.15) is 24.8 Å². The highest BCUT2D eigenvalue weighted by Gasteiger charge is 2.41. The number of esters is 1. The van der Waals surface area contributed by atoms with E-state index in [-0.39, 0.29) is 23.5 Å². The van der Waals surface area contributed by atoms with Gasteiger partial charge in [0.05, 0.1) is 11.5 Å². The molecule has 0 amide bonds. The molecule has 3 atom stereocenters. The summed E-state index contributed by atoms with van der Waals surface area (Å²) in [5, 5.41) is 14.1. The highest BCUT2D eigenvalue weighted by Crippen LogP contribution is 2.45. The van der Waals surface area contributed by atoms with E-state index in [2.05, 4.69) is 5.32 Å². The number of nitro groups is 1. The lowest BCUT2D eigenvalue weighted by Gasteiger charge is -2.35. The van der Waals surface area contributed by atoms with Crippen molar-refractivity contribution in [3.8, 4) is 0 Å². The molecule has 1 aliphatic carbocycles. The Morgan fingerprint density at radius 3 is 3.05 bits per heavy atom. The van der Waals surface area contributed by atoms with Crippen LogP contribution in [0.15, 0.2) is 30.4 Å². The number of hydrogen-bond acceptors (Lipinski definition) is 5. The fourth-order valence-electron chi connectivity index (χ4n) is 3.16. The summed E-state index contributed by atoms with van der Waals surface area (Å²) in [6.45, 7) is 2.12. The van der Waals surface area contributed by atoms with Crippen molar-refractivity contribution in [3.63, 3.8) is 0 Å². The van der Waals surface area contributed by atoms with Crippen molar-refractivity contribution in [1.82, 2.24) is 0 Å². The molecule has 0 radical (unpaired) electrons. The van der Waals surface area contributed by atoms with Gasteiger partial charge in [0.25, 0.3) is 5.69 Å². The quantitative estimate of drug-likeness (QED) is 0.400. The van der Waals surface area contributed by atoms with Gasteiger partial charge in [-0.15, -0.1) is 0 Å². The SMILES string of the molecule is CCOC(=O)[C@@H]1Nc2ccc([N+](=O)[O-])cc2[C@@H]2C=CC[C@@H]12. The van der Waals surface area contributed by atoms with Gasteiger partial charge in [-0.3, -0.25) is 10.1 Å². The van der Waals surface area contributed by atoms with E-state index in [9.17, 15) is 14.9 Å². The molecule has 3 rings (SSSR count). The molecule has 2 aliphatic rings. The third-order valence-corrected chi connectivity index (χ3v) is 4.10. The van der Waals surface area contributed by atoms with E-state index < -0.39 is 11.0 Å². The lowest BCUT2D eigenvalue weighted by molar-refractivity contribution is -0.384. The Labute approximate surface area is 121 Å². The maximum absolute atomic E-state index is 12.1. The van der Waals surface area contributed by atoms with Crippen molar-refractivity contribution in [1.29, 1.82) is 0 Å². The molecule has 0 fully saturated rings. The Morgan fingerprint density at radius 1 is 1.52 bits per heavy atom. The molecule has 0 unspecified atom stereocenters. The minimum absolute atomic E-state index is 0.0237. The van der Waals surface area contributed by atoms with Crippen LogP contribution in [0.2, 0.25) is 0 Å². The molecule has 1 aromatic rings. The Kier molecular flexibility index (Phi) is 3.37. The number of ether oxygens (including phenoxy) is 1. The minimum Gasteiger partial charge on any atom is -0.464 e. The van der Waals surface area contributed by atoms with Crippen molar-refractivity contribution in [2.24, 2.45) is 5.92 Å². The fraction of sp³-hybridized carbons (Fsp3) is 0.400. The van der Waals surface area contributed by atoms with Gasteiger partial charge in [-0.2, -0.15) is 0 Å². The smallest absolute Gasteiger partial charge is 0.328 e. The van der Waals surface area contributed by atoms with Gasteiger partial charge in [0.2, 0.25) is 0 Å². The van der Waals surface area contributed by atoms with Crippen LogP contribution >= 0.6 is 0 Å². The molecule has 1 aromatic carbocycles. The van der Waals surface area contributed by atoms with Gasteiger partial charge in [-0.05, 0) is 25.0 Å². The van der Waals surface area contributed by atoms with Gasteiger partial charge in [0, 0.05) is 29.7 Å². The number of nitrogens with zero attached hydrogens (tertiary/aromatic N) is 1. The van der Waals surface area contributed by atoms with Crippen molar-refractivity contribution in [3.05, 3.63) is 46.0 Å². The van der Waals surface area contributed by atoms with E-state index in [0.717, 1.165) is 17.7 Å². The number of anilines is 1. The van der Waals surface area contributed by atoms with E-state index in [1.54, 1.807) is 19.1 Å². The number of nitro benzene ring substituents is 1. The molecule has 1 heterocycles. The monoisotopic (exact) mass is 288 g/mol. The molecule has 21 heavy (non-hydrogen) atoms. The Bertz CT molecular complexity index is 626. The molecule has 110 valence electrons. The lowest BCUT2D eigenvalue weighted by atomic mass is 9.79. The first-order valence-electron chi connectivity index (χ1n) is 7.00. The zero-order valence-corrected chi connectivity index (χ0v) is 11.6. The second-order valence-corrected chi connectivity index (χ2v) is 5.26. The molecule has 0 spiro atoms. The Balaban J connectivity index is 1.98. The topological polar surface area (TPSA) is 81.5 Å². The summed E-state index contributed by atoms with van der Waals surface area (Å²) < 4.78 is 5.13. The largest absolute Gasteiger partial charge is 0.464 e. The third-order valence-electron chi connectivity index (χ3n) is 4.10. The highest BCUT2D eigenvalue weighted by atomic mass is 16.6. The molecule has 6 nitrogen and oxygen atoms in total. The van der Waals surface area contributed by atoms with Crippen LogP contribution in [0.4, 0.5) is 11.4 Å². The van der Waals surface area contributed by atoms with Gasteiger partial charge in [-0.1, -0.05) is 12.2 Å². The van der Waals surface area contributed by atoms with E-state index >= 15 is 0 Å². The van der Waals surface area contributed by atoms with E-state index in [4.69, 9.17) is 4.74 Å². The molecular formula is C15H16N2O4. The first-order chi connectivity index (χ1) is 10.1. The molecule has 6 heteroatoms. The number of rotatable bonds is 3. The first-order valence-corrected chi connectivity index (χ1v) is 7.00. The summed E-state index contributed by atoms with van der Waals surface area (Å²) >= 11 is 0. The van der Waals surface area contributed by atoms with Crippen molar-refractivity contribution < 1.29 is 14.5 Å². The van der Waals surface area contributed by atoms with Gasteiger partial charge in [-0.25, -0.2) is 4.79 Å². The van der Waals surface area contributed by atoms with Crippen molar-refractivity contribution >= 4 is 17.3 Å². The third kappa shape index (κ3) is 2.26. The number of benzene rings is 1. The highest BCUT2D eigenvalue weighted by molar-refractivity contribution is 5.82. The maximum Gasteiger partial charge on any atom is 0.328 e. The second kappa shape index (κ2) is 5.20. The molecular weight excluding hydrogens is 272 g/mol. The average molecular weight is 288 g/mol. The van der Waals surface area contributed by atoms with Crippen LogP contribution in [-0.4, -0.2) is 23.5 Å². The summed E-state index contributed by atoms with van der Waals surface area (Å²) in [7, 11) is 0. The van der Waals surface area contributed by atoms with E-state index in [1.807, 2.05) is 12.2 Å². The molecule has 1 aliphatic heterocycles. The van der Waals surface area contributed by atoms with Crippen LogP contribution in [0.25, 0.3) is 0 Å². The van der Waals surface area contributed by atoms with Crippen LogP contribution in [-0.2, 0) is 9.53 Å². The summed E-state index contributed by atoms with van der Waals surface area (Å²) in [4.78, 5) is 22.6. The van der Waals surface area contributed by atoms with Gasteiger partial charge in [0.1, 0.15) is 6.04 Å². The molecule has 0 bridgehead atoms. The number of fused-ring (bicyclic) bond motifs is 3. The number of nitrogens with one attached hydrogen (secondary N) is 1. The van der Waals surface area contributed by atoms with E-state index in [1.165, 1.54) is 6.07 Å². The fourth-order valence-corrected chi connectivity index (χ4v) is 3.16. The summed E-state index contributed by atoms with van der Waals surface area (Å²) in [6.07, 6.45) is 4.82. The second-order valence-electron chi connectivity index (χ2n) is 5.26. The lowest BCUT2D eigenvalue weighted by Crippen LogP contribution is -2.42. The number of hydrogen-bond donors (Lipinski definition) is 1. The standard InChI is InChI=1S/C15H16N2O4/c1-2-21-15(18)14-11-5-3-4-10(11)12-8-9(17(19)20)6-7-13(12)16-14/h3-4,6-8,10-11,14,16H,2,5H2,1H3/t10-,11-,14-/m1/s1. The maximum atomic E-state index is 12.1. The van der Waals surface area contributed by atoms with Gasteiger partial charge >= 0.3 is 5.97 Å². The minimum atomic E-state index is -0.404. The number of non-ortho nitro benzene ring substituents is 1. The Morgan fingerprint density at radius 2 is 2.33 bits per heavy atom. The van der Waals surface area contributed by atoms with Crippen molar-refractivity contribution in [2.45, 2.75) is 25.3 Å².